The normalized spacial score (nSPS) is 11.8. The standard InChI is InChI=1S/C11H6F3N5OS/c12-11(13,14)9-17-10(19-18-9)16-8(20)5-1-2-6-7(3-5)21-4-15-6/h1-4H,(H2,16,17,18,19,20). The molecule has 3 aromatic rings. The van der Waals surface area contributed by atoms with Gasteiger partial charge >= 0.3 is 6.18 Å². The SMILES string of the molecule is O=C(Nc1n[nH]c(C(F)(F)F)n1)c1ccc2ncsc2c1. The maximum Gasteiger partial charge on any atom is 0.451 e. The largest absolute Gasteiger partial charge is 0.451 e. The summed E-state index contributed by atoms with van der Waals surface area (Å²) >= 11 is 1.36. The second-order valence-electron chi connectivity index (χ2n) is 3.99. The lowest BCUT2D eigenvalue weighted by Crippen LogP contribution is -2.13. The first kappa shape index (κ1) is 13.5. The monoisotopic (exact) mass is 313 g/mol. The number of amides is 1. The van der Waals surface area contributed by atoms with Crippen LogP contribution < -0.4 is 5.32 Å². The van der Waals surface area contributed by atoms with E-state index in [1.807, 2.05) is 0 Å². The van der Waals surface area contributed by atoms with Gasteiger partial charge in [-0.05, 0) is 18.2 Å². The Morgan fingerprint density at radius 3 is 2.86 bits per heavy atom. The van der Waals surface area contributed by atoms with Crippen molar-refractivity contribution in [1.29, 1.82) is 0 Å². The van der Waals surface area contributed by atoms with Crippen LogP contribution in [0.25, 0.3) is 10.2 Å². The number of carbonyl (C=O) groups is 1. The number of anilines is 1. The third kappa shape index (κ3) is 2.70. The van der Waals surface area contributed by atoms with Gasteiger partial charge in [-0.3, -0.25) is 15.2 Å². The summed E-state index contributed by atoms with van der Waals surface area (Å²) in [5.41, 5.74) is 2.66. The molecule has 108 valence electrons. The summed E-state index contributed by atoms with van der Waals surface area (Å²) in [4.78, 5) is 19.2. The first-order chi connectivity index (χ1) is 9.93. The minimum Gasteiger partial charge on any atom is -0.289 e. The maximum absolute atomic E-state index is 12.3. The summed E-state index contributed by atoms with van der Waals surface area (Å²) < 4.78 is 37.8. The van der Waals surface area contributed by atoms with E-state index in [4.69, 9.17) is 0 Å². The van der Waals surface area contributed by atoms with Crippen molar-refractivity contribution in [3.8, 4) is 0 Å². The van der Waals surface area contributed by atoms with Crippen molar-refractivity contribution in [3.63, 3.8) is 0 Å². The van der Waals surface area contributed by atoms with Gasteiger partial charge in [0.1, 0.15) is 0 Å². The van der Waals surface area contributed by atoms with Gasteiger partial charge in [-0.1, -0.05) is 0 Å². The third-order valence-electron chi connectivity index (χ3n) is 2.57. The molecule has 6 nitrogen and oxygen atoms in total. The average molecular weight is 313 g/mol. The van der Waals surface area contributed by atoms with Crippen molar-refractivity contribution in [2.24, 2.45) is 0 Å². The topological polar surface area (TPSA) is 83.6 Å². The fraction of sp³-hybridized carbons (Fsp3) is 0.0909. The van der Waals surface area contributed by atoms with E-state index < -0.39 is 23.9 Å². The zero-order valence-electron chi connectivity index (χ0n) is 10.1. The van der Waals surface area contributed by atoms with E-state index in [-0.39, 0.29) is 5.56 Å². The number of aromatic nitrogens is 4. The highest BCUT2D eigenvalue weighted by atomic mass is 32.1. The average Bonchev–Trinajstić information content (AvgIpc) is 3.04. The number of carbonyl (C=O) groups excluding carboxylic acids is 1. The number of alkyl halides is 3. The number of halogens is 3. The van der Waals surface area contributed by atoms with Crippen LogP contribution in [-0.4, -0.2) is 26.1 Å². The Kier molecular flexibility index (Phi) is 3.09. The van der Waals surface area contributed by atoms with Crippen molar-refractivity contribution in [1.82, 2.24) is 20.2 Å². The number of benzene rings is 1. The van der Waals surface area contributed by atoms with Crippen LogP contribution in [0, 0.1) is 0 Å². The molecule has 0 spiro atoms. The molecule has 21 heavy (non-hydrogen) atoms. The quantitative estimate of drug-likeness (QED) is 0.762. The zero-order chi connectivity index (χ0) is 15.0. The Labute approximate surface area is 119 Å². The van der Waals surface area contributed by atoms with E-state index in [1.54, 1.807) is 22.7 Å². The molecule has 0 saturated heterocycles. The molecule has 1 aromatic carbocycles. The molecular weight excluding hydrogens is 307 g/mol. The highest BCUT2D eigenvalue weighted by Gasteiger charge is 2.35. The summed E-state index contributed by atoms with van der Waals surface area (Å²) in [7, 11) is 0. The van der Waals surface area contributed by atoms with Gasteiger partial charge < -0.3 is 0 Å². The number of nitrogens with one attached hydrogen (secondary N) is 2. The molecule has 0 radical (unpaired) electrons. The van der Waals surface area contributed by atoms with E-state index in [1.165, 1.54) is 17.4 Å². The van der Waals surface area contributed by atoms with Crippen LogP contribution in [0.5, 0.6) is 0 Å². The van der Waals surface area contributed by atoms with Crippen molar-refractivity contribution >= 4 is 33.4 Å². The van der Waals surface area contributed by atoms with E-state index in [0.717, 1.165) is 10.2 Å². The van der Waals surface area contributed by atoms with Crippen molar-refractivity contribution in [2.75, 3.05) is 5.32 Å². The summed E-state index contributed by atoms with van der Waals surface area (Å²) in [5.74, 6) is -2.30. The number of H-pyrrole nitrogens is 1. The Bertz CT molecular complexity index is 809. The van der Waals surface area contributed by atoms with Gasteiger partial charge in [-0.2, -0.15) is 18.2 Å². The molecule has 0 bridgehead atoms. The van der Waals surface area contributed by atoms with Crippen molar-refractivity contribution in [3.05, 3.63) is 35.1 Å². The lowest BCUT2D eigenvalue weighted by Gasteiger charge is -2.01. The van der Waals surface area contributed by atoms with E-state index in [0.29, 0.717) is 0 Å². The highest BCUT2D eigenvalue weighted by Crippen LogP contribution is 2.26. The summed E-state index contributed by atoms with van der Waals surface area (Å²) in [6.45, 7) is 0. The molecule has 1 amide bonds. The van der Waals surface area contributed by atoms with Crippen molar-refractivity contribution in [2.45, 2.75) is 6.18 Å². The van der Waals surface area contributed by atoms with Crippen molar-refractivity contribution < 1.29 is 18.0 Å². The number of hydrogen-bond acceptors (Lipinski definition) is 5. The van der Waals surface area contributed by atoms with Crippen LogP contribution >= 0.6 is 11.3 Å². The Morgan fingerprint density at radius 1 is 1.33 bits per heavy atom. The van der Waals surface area contributed by atoms with Gasteiger partial charge in [0, 0.05) is 5.56 Å². The minimum absolute atomic E-state index is 0.283. The molecule has 2 aromatic heterocycles. The summed E-state index contributed by atoms with van der Waals surface area (Å²) in [5, 5.41) is 7.22. The first-order valence-electron chi connectivity index (χ1n) is 5.58. The molecule has 0 aliphatic heterocycles. The Morgan fingerprint density at radius 2 is 2.14 bits per heavy atom. The Balaban J connectivity index is 1.81. The van der Waals surface area contributed by atoms with Crippen LogP contribution in [-0.2, 0) is 6.18 Å². The van der Waals surface area contributed by atoms with Crippen LogP contribution in [0.15, 0.2) is 23.7 Å². The van der Waals surface area contributed by atoms with Gasteiger partial charge in [0.15, 0.2) is 0 Å². The lowest BCUT2D eigenvalue weighted by molar-refractivity contribution is -0.144. The molecule has 0 aliphatic carbocycles. The molecule has 2 N–H and O–H groups in total. The zero-order valence-corrected chi connectivity index (χ0v) is 10.9. The number of aromatic amines is 1. The summed E-state index contributed by atoms with van der Waals surface area (Å²) in [6.07, 6.45) is -4.64. The molecule has 10 heteroatoms. The molecule has 3 rings (SSSR count). The minimum atomic E-state index is -4.64. The summed E-state index contributed by atoms with van der Waals surface area (Å²) in [6, 6.07) is 4.77. The number of thiazole rings is 1. The third-order valence-corrected chi connectivity index (χ3v) is 3.36. The highest BCUT2D eigenvalue weighted by molar-refractivity contribution is 7.16. The molecular formula is C11H6F3N5OS. The van der Waals surface area contributed by atoms with Crippen LogP contribution in [0.2, 0.25) is 0 Å². The number of nitrogens with zero attached hydrogens (tertiary/aromatic N) is 3. The predicted molar refractivity (Wildman–Crippen MR) is 69.0 cm³/mol. The molecule has 0 aliphatic rings. The van der Waals surface area contributed by atoms with Gasteiger partial charge in [0.2, 0.25) is 11.8 Å². The number of hydrogen-bond donors (Lipinski definition) is 2. The van der Waals surface area contributed by atoms with E-state index >= 15 is 0 Å². The Hall–Kier alpha value is -2.49. The fourth-order valence-electron chi connectivity index (χ4n) is 1.61. The van der Waals surface area contributed by atoms with Crippen LogP contribution in [0.3, 0.4) is 0 Å². The predicted octanol–water partition coefficient (Wildman–Crippen LogP) is 2.69. The maximum atomic E-state index is 12.3. The fourth-order valence-corrected chi connectivity index (χ4v) is 2.33. The van der Waals surface area contributed by atoms with Gasteiger partial charge in [-0.25, -0.2) is 4.98 Å². The van der Waals surface area contributed by atoms with E-state index in [2.05, 4.69) is 20.4 Å². The van der Waals surface area contributed by atoms with Gasteiger partial charge in [0.05, 0.1) is 15.7 Å². The number of rotatable bonds is 2. The van der Waals surface area contributed by atoms with Crippen LogP contribution in [0.1, 0.15) is 16.2 Å². The first-order valence-corrected chi connectivity index (χ1v) is 6.45. The lowest BCUT2D eigenvalue weighted by atomic mass is 10.2. The smallest absolute Gasteiger partial charge is 0.289 e. The van der Waals surface area contributed by atoms with E-state index in [9.17, 15) is 18.0 Å². The second kappa shape index (κ2) is 4.81. The molecule has 0 unspecified atom stereocenters. The molecule has 0 fully saturated rings. The number of fused-ring (bicyclic) bond motifs is 1. The van der Waals surface area contributed by atoms with Crippen LogP contribution in [0.4, 0.5) is 19.1 Å². The molecule has 2 heterocycles. The second-order valence-corrected chi connectivity index (χ2v) is 4.88. The molecule has 0 atom stereocenters. The van der Waals surface area contributed by atoms with Gasteiger partial charge in [-0.15, -0.1) is 16.4 Å². The van der Waals surface area contributed by atoms with Gasteiger partial charge in [0.25, 0.3) is 5.91 Å². The molecule has 0 saturated carbocycles.